The van der Waals surface area contributed by atoms with E-state index in [1.807, 2.05) is 38.2 Å². The largest absolute Gasteiger partial charge is 0.384 e. The molecule has 8 heteroatoms. The van der Waals surface area contributed by atoms with Gasteiger partial charge in [0.1, 0.15) is 18.2 Å². The van der Waals surface area contributed by atoms with Crippen LogP contribution in [-0.4, -0.2) is 30.0 Å². The molecule has 190 valence electrons. The molecule has 0 saturated carbocycles. The molecule has 0 amide bonds. The molecule has 3 rings (SSSR count). The standard InChI is InChI=1S/C23H27ClN4O2S.C4H10/c1-3-27-22(25)21-18(20(30)14-6-8-15(24)9-7-14)13-19(31-21)16-10-11-28-23(26-2)17(16)5-4-12-29;1-3-4-2/h6-13,20,22,27,30H,3-5,25H2,1-2H3,(H,26,28);3-4H2,1-2H3. The summed E-state index contributed by atoms with van der Waals surface area (Å²) in [5, 5.41) is 18.1. The highest BCUT2D eigenvalue weighted by Gasteiger charge is 2.24. The molecule has 6 nitrogen and oxygen atoms in total. The predicted molar refractivity (Wildman–Crippen MR) is 148 cm³/mol. The van der Waals surface area contributed by atoms with Crippen molar-refractivity contribution in [2.45, 2.75) is 58.7 Å². The van der Waals surface area contributed by atoms with Crippen LogP contribution in [0.25, 0.3) is 10.4 Å². The summed E-state index contributed by atoms with van der Waals surface area (Å²) >= 11 is 7.55. The van der Waals surface area contributed by atoms with Crippen LogP contribution in [0.3, 0.4) is 0 Å². The number of nitrogens with zero attached hydrogens (tertiary/aromatic N) is 1. The number of hydrogen-bond acceptors (Lipinski definition) is 7. The Morgan fingerprint density at radius 2 is 1.86 bits per heavy atom. The first kappa shape index (κ1) is 28.9. The fourth-order valence-electron chi connectivity index (χ4n) is 3.54. The maximum absolute atomic E-state index is 11.2. The average molecular weight is 517 g/mol. The molecule has 2 heterocycles. The molecule has 2 unspecified atom stereocenters. The Bertz CT molecular complexity index is 1050. The zero-order chi connectivity index (χ0) is 25.8. The summed E-state index contributed by atoms with van der Waals surface area (Å²) in [5.74, 6) is 0.741. The number of carbonyl (C=O) groups is 1. The number of nitrogens with one attached hydrogen (secondary N) is 2. The van der Waals surface area contributed by atoms with E-state index in [1.165, 1.54) is 24.2 Å². The highest BCUT2D eigenvalue weighted by atomic mass is 35.5. The van der Waals surface area contributed by atoms with Gasteiger partial charge in [-0.05, 0) is 42.8 Å². The Hall–Kier alpha value is -2.29. The Balaban J connectivity index is 0.00000100. The topological polar surface area (TPSA) is 100 Å². The van der Waals surface area contributed by atoms with Gasteiger partial charge in [-0.1, -0.05) is 57.3 Å². The zero-order valence-corrected chi connectivity index (χ0v) is 22.5. The molecule has 0 aliphatic rings. The number of aliphatic hydroxyl groups excluding tert-OH is 1. The summed E-state index contributed by atoms with van der Waals surface area (Å²) in [5.41, 5.74) is 9.84. The van der Waals surface area contributed by atoms with Gasteiger partial charge in [0.25, 0.3) is 0 Å². The minimum Gasteiger partial charge on any atom is -0.384 e. The van der Waals surface area contributed by atoms with Crippen LogP contribution in [0.2, 0.25) is 5.02 Å². The van der Waals surface area contributed by atoms with E-state index in [-0.39, 0.29) is 0 Å². The molecule has 0 radical (unpaired) electrons. The van der Waals surface area contributed by atoms with Crippen molar-refractivity contribution >= 4 is 35.0 Å². The van der Waals surface area contributed by atoms with Gasteiger partial charge in [-0.25, -0.2) is 4.98 Å². The lowest BCUT2D eigenvalue weighted by molar-refractivity contribution is -0.107. The van der Waals surface area contributed by atoms with Crippen molar-refractivity contribution in [2.75, 3.05) is 18.9 Å². The summed E-state index contributed by atoms with van der Waals surface area (Å²) in [6.07, 6.45) is 5.01. The van der Waals surface area contributed by atoms with Crippen LogP contribution >= 0.6 is 22.9 Å². The Kier molecular flexibility index (Phi) is 12.4. The van der Waals surface area contributed by atoms with Gasteiger partial charge in [0, 0.05) is 51.1 Å². The number of pyridine rings is 1. The van der Waals surface area contributed by atoms with E-state index < -0.39 is 12.3 Å². The molecule has 0 aliphatic heterocycles. The van der Waals surface area contributed by atoms with E-state index in [2.05, 4.69) is 29.5 Å². The van der Waals surface area contributed by atoms with Crippen molar-refractivity contribution in [1.82, 2.24) is 10.3 Å². The van der Waals surface area contributed by atoms with Gasteiger partial charge in [-0.15, -0.1) is 11.3 Å². The third-order valence-corrected chi connectivity index (χ3v) is 7.07. The van der Waals surface area contributed by atoms with Gasteiger partial charge >= 0.3 is 0 Å². The molecule has 0 aliphatic carbocycles. The molecule has 2 aromatic heterocycles. The number of thiophene rings is 1. The summed E-state index contributed by atoms with van der Waals surface area (Å²) in [6.45, 7) is 7.05. The first-order valence-corrected chi connectivity index (χ1v) is 13.3. The first-order chi connectivity index (χ1) is 16.9. The monoisotopic (exact) mass is 516 g/mol. The molecule has 0 spiro atoms. The van der Waals surface area contributed by atoms with Gasteiger partial charge in [0.15, 0.2) is 0 Å². The fraction of sp³-hybridized carbons (Fsp3) is 0.407. The molecule has 0 bridgehead atoms. The van der Waals surface area contributed by atoms with E-state index in [0.717, 1.165) is 44.1 Å². The van der Waals surface area contributed by atoms with Crippen LogP contribution in [0.1, 0.15) is 73.9 Å². The zero-order valence-electron chi connectivity index (χ0n) is 21.0. The molecule has 2 atom stereocenters. The van der Waals surface area contributed by atoms with Crippen molar-refractivity contribution < 1.29 is 9.90 Å². The predicted octanol–water partition coefficient (Wildman–Crippen LogP) is 6.09. The maximum Gasteiger partial charge on any atom is 0.129 e. The molecule has 0 saturated heterocycles. The van der Waals surface area contributed by atoms with Crippen LogP contribution in [0.4, 0.5) is 5.82 Å². The number of aldehydes is 1. The van der Waals surface area contributed by atoms with Gasteiger partial charge in [0.05, 0.1) is 6.17 Å². The van der Waals surface area contributed by atoms with Crippen LogP contribution in [-0.2, 0) is 11.2 Å². The number of aromatic nitrogens is 1. The number of benzene rings is 1. The smallest absolute Gasteiger partial charge is 0.129 e. The lowest BCUT2D eigenvalue weighted by Gasteiger charge is -2.17. The van der Waals surface area contributed by atoms with E-state index in [0.29, 0.717) is 24.4 Å². The second-order valence-corrected chi connectivity index (χ2v) is 9.58. The molecule has 1 aromatic carbocycles. The van der Waals surface area contributed by atoms with E-state index in [1.54, 1.807) is 18.3 Å². The first-order valence-electron chi connectivity index (χ1n) is 12.1. The number of anilines is 1. The van der Waals surface area contributed by atoms with E-state index in [4.69, 9.17) is 17.3 Å². The fourth-order valence-corrected chi connectivity index (χ4v) is 4.89. The third kappa shape index (κ3) is 7.85. The number of carbonyl (C=O) groups excluding carboxylic acids is 1. The molecule has 35 heavy (non-hydrogen) atoms. The third-order valence-electron chi connectivity index (χ3n) is 5.55. The second kappa shape index (κ2) is 15.0. The normalized spacial score (nSPS) is 12.4. The maximum atomic E-state index is 11.2. The molecule has 5 N–H and O–H groups in total. The number of rotatable bonds is 11. The minimum atomic E-state index is -0.842. The number of hydrogen-bond donors (Lipinski definition) is 4. The highest BCUT2D eigenvalue weighted by Crippen LogP contribution is 2.41. The Labute approximate surface area is 217 Å². The average Bonchev–Trinajstić information content (AvgIpc) is 3.33. The summed E-state index contributed by atoms with van der Waals surface area (Å²) in [4.78, 5) is 17.2. The quantitative estimate of drug-likeness (QED) is 0.182. The van der Waals surface area contributed by atoms with Crippen LogP contribution in [0, 0.1) is 0 Å². The van der Waals surface area contributed by atoms with Crippen LogP contribution in [0.5, 0.6) is 0 Å². The summed E-state index contributed by atoms with van der Waals surface area (Å²) in [6, 6.07) is 11.1. The van der Waals surface area contributed by atoms with Crippen molar-refractivity contribution in [3.63, 3.8) is 0 Å². The van der Waals surface area contributed by atoms with Crippen molar-refractivity contribution in [1.29, 1.82) is 0 Å². The van der Waals surface area contributed by atoms with Crippen LogP contribution < -0.4 is 16.4 Å². The minimum absolute atomic E-state index is 0.406. The van der Waals surface area contributed by atoms with Gasteiger partial charge in [-0.2, -0.15) is 0 Å². The Morgan fingerprint density at radius 3 is 2.43 bits per heavy atom. The van der Waals surface area contributed by atoms with Gasteiger partial charge < -0.3 is 21.0 Å². The SMILES string of the molecule is CCCC.CCNC(N)c1sc(-c2ccnc(NC)c2CCC=O)cc1C(O)c1ccc(Cl)cc1. The number of nitrogens with two attached hydrogens (primary N) is 1. The molecular weight excluding hydrogens is 480 g/mol. The highest BCUT2D eigenvalue weighted by molar-refractivity contribution is 7.15. The second-order valence-electron chi connectivity index (χ2n) is 8.06. The number of aliphatic hydroxyl groups is 1. The number of halogens is 1. The van der Waals surface area contributed by atoms with E-state index in [9.17, 15) is 9.90 Å². The van der Waals surface area contributed by atoms with Crippen LogP contribution in [0.15, 0.2) is 42.6 Å². The molecule has 0 fully saturated rings. The summed E-state index contributed by atoms with van der Waals surface area (Å²) < 4.78 is 0. The lowest BCUT2D eigenvalue weighted by atomic mass is 9.98. The van der Waals surface area contributed by atoms with E-state index >= 15 is 0 Å². The number of unbranched alkanes of at least 4 members (excludes halogenated alkanes) is 1. The van der Waals surface area contributed by atoms with Gasteiger partial charge in [0.2, 0.25) is 0 Å². The Morgan fingerprint density at radius 1 is 1.17 bits per heavy atom. The summed E-state index contributed by atoms with van der Waals surface area (Å²) in [7, 11) is 1.81. The van der Waals surface area contributed by atoms with Crippen molar-refractivity contribution in [3.05, 3.63) is 69.2 Å². The van der Waals surface area contributed by atoms with Crippen molar-refractivity contribution in [2.24, 2.45) is 5.73 Å². The molecule has 3 aromatic rings. The molecular formula is C27H37ClN4O2S. The lowest BCUT2D eigenvalue weighted by Crippen LogP contribution is -2.28. The van der Waals surface area contributed by atoms with Gasteiger partial charge in [-0.3, -0.25) is 5.32 Å². The van der Waals surface area contributed by atoms with Crippen molar-refractivity contribution in [3.8, 4) is 10.4 Å².